The summed E-state index contributed by atoms with van der Waals surface area (Å²) in [6, 6.07) is 40.9. The van der Waals surface area contributed by atoms with Gasteiger partial charge in [0, 0.05) is 53.4 Å². The zero-order chi connectivity index (χ0) is 43.2. The van der Waals surface area contributed by atoms with E-state index in [0.717, 1.165) is 61.4 Å². The molecule has 0 aliphatic rings. The molecule has 0 saturated carbocycles. The summed E-state index contributed by atoms with van der Waals surface area (Å²) in [5, 5.41) is 3.30. The third-order valence-corrected chi connectivity index (χ3v) is 12.6. The van der Waals surface area contributed by atoms with E-state index in [-0.39, 0.29) is 31.9 Å². The predicted molar refractivity (Wildman–Crippen MR) is 243 cm³/mol. The molecule has 59 heavy (non-hydrogen) atoms. The summed E-state index contributed by atoms with van der Waals surface area (Å²) in [6.45, 7) is 15.8. The maximum absolute atomic E-state index is 7.35. The average Bonchev–Trinajstić information content (AvgIpc) is 3.81. The van der Waals surface area contributed by atoms with E-state index in [2.05, 4.69) is 134 Å². The second-order valence-electron chi connectivity index (χ2n) is 16.5. The van der Waals surface area contributed by atoms with E-state index < -0.39 is 14.9 Å². The van der Waals surface area contributed by atoms with Crippen molar-refractivity contribution in [3.05, 3.63) is 156 Å². The number of nitrogens with zero attached hydrogens (tertiary/aromatic N) is 5. The first-order chi connectivity index (χ1) is 29.1. The van der Waals surface area contributed by atoms with Gasteiger partial charge in [0.2, 0.25) is 5.71 Å². The molecule has 0 fully saturated rings. The molecule has 0 unspecified atom stereocenters. The molecule has 9 rings (SSSR count). The van der Waals surface area contributed by atoms with E-state index in [4.69, 9.17) is 13.5 Å². The van der Waals surface area contributed by atoms with Crippen molar-refractivity contribution >= 4 is 46.4 Å². The number of benzene rings is 4. The van der Waals surface area contributed by atoms with Crippen molar-refractivity contribution in [2.75, 3.05) is 0 Å². The summed E-state index contributed by atoms with van der Waals surface area (Å²) in [5.41, 5.74) is 13.0. The van der Waals surface area contributed by atoms with Crippen LogP contribution in [0.5, 0.6) is 0 Å². The molecule has 5 aromatic heterocycles. The van der Waals surface area contributed by atoms with Gasteiger partial charge in [0.1, 0.15) is 0 Å². The van der Waals surface area contributed by atoms with Crippen molar-refractivity contribution in [2.45, 2.75) is 72.9 Å². The smallest absolute Gasteiger partial charge is 0.216 e. The van der Waals surface area contributed by atoms with Crippen molar-refractivity contribution in [1.29, 1.82) is 0 Å². The Morgan fingerprint density at radius 2 is 1.54 bits per heavy atom. The van der Waals surface area contributed by atoms with Gasteiger partial charge in [0.25, 0.3) is 0 Å². The molecule has 4 aromatic carbocycles. The zero-order valence-electron chi connectivity index (χ0n) is 37.7. The topological polar surface area (TPSA) is 69.6 Å². The van der Waals surface area contributed by atoms with Gasteiger partial charge in [-0.1, -0.05) is 108 Å². The molecular formula is C51H49IrN5OSi-2. The number of pyridine rings is 3. The van der Waals surface area contributed by atoms with Crippen LogP contribution in [0.2, 0.25) is 19.6 Å². The van der Waals surface area contributed by atoms with E-state index in [1.54, 1.807) is 18.3 Å². The number of hydrogen-bond acceptors (Lipinski definition) is 5. The summed E-state index contributed by atoms with van der Waals surface area (Å²) in [5.74, 6) is 1.32. The molecule has 0 aliphatic heterocycles. The van der Waals surface area contributed by atoms with Crippen molar-refractivity contribution < 1.29 is 28.6 Å². The second-order valence-corrected chi connectivity index (χ2v) is 21.6. The van der Waals surface area contributed by atoms with E-state index in [1.165, 1.54) is 33.5 Å². The Kier molecular flexibility index (Phi) is 10.9. The van der Waals surface area contributed by atoms with Crippen molar-refractivity contribution in [1.82, 2.24) is 24.5 Å². The van der Waals surface area contributed by atoms with Crippen LogP contribution in [0.1, 0.15) is 66.0 Å². The molecule has 0 spiro atoms. The first-order valence-corrected chi connectivity index (χ1v) is 23.3. The summed E-state index contributed by atoms with van der Waals surface area (Å²) in [4.78, 5) is 18.8. The normalized spacial score (nSPS) is 12.6. The molecule has 0 N–H and O–H groups in total. The molecule has 0 atom stereocenters. The minimum absolute atomic E-state index is 0. The van der Waals surface area contributed by atoms with Crippen LogP contribution in [0.3, 0.4) is 0 Å². The third kappa shape index (κ3) is 8.35. The molecule has 9 aromatic rings. The number of fused-ring (bicyclic) bond motifs is 4. The molecule has 0 saturated heterocycles. The Morgan fingerprint density at radius 1 is 0.780 bits per heavy atom. The number of furan rings is 1. The first kappa shape index (κ1) is 37.7. The van der Waals surface area contributed by atoms with Gasteiger partial charge in [0.05, 0.1) is 36.7 Å². The molecule has 6 nitrogen and oxygen atoms in total. The van der Waals surface area contributed by atoms with Crippen LogP contribution in [-0.4, -0.2) is 32.6 Å². The Balaban J connectivity index is 0.000000233. The van der Waals surface area contributed by atoms with E-state index in [1.807, 2.05) is 49.6 Å². The van der Waals surface area contributed by atoms with Gasteiger partial charge in [0.15, 0.2) is 0 Å². The SMILES string of the molecule is Cc1ccc2c(n1)oc1c(-c3nc4ccncc4n3-c3c(C(C)C)cc(-c4ccccc4)cc3C(C)C)[c-]ccc12.[2H]C([2H])([2H])c1c[c-]c(-c2ccc([Si](C)(C)C)cn2)cc1.[Ir]. The monoisotopic (exact) mass is 971 g/mol. The fourth-order valence-electron chi connectivity index (χ4n) is 7.40. The predicted octanol–water partition coefficient (Wildman–Crippen LogP) is 12.8. The van der Waals surface area contributed by atoms with Gasteiger partial charge in [-0.25, -0.2) is 4.98 Å². The molecule has 1 radical (unpaired) electrons. The summed E-state index contributed by atoms with van der Waals surface area (Å²) in [6.07, 6.45) is 5.63. The average molecular weight is 971 g/mol. The van der Waals surface area contributed by atoms with Crippen LogP contribution in [0.15, 0.2) is 126 Å². The maximum atomic E-state index is 7.35. The number of imidazole rings is 1. The van der Waals surface area contributed by atoms with Gasteiger partial charge >= 0.3 is 0 Å². The molecule has 0 amide bonds. The van der Waals surface area contributed by atoms with Crippen molar-refractivity contribution in [3.8, 4) is 39.5 Å². The minimum Gasteiger partial charge on any atom is -0.486 e. The molecular weight excluding hydrogens is 919 g/mol. The van der Waals surface area contributed by atoms with Gasteiger partial charge in [-0.15, -0.1) is 53.6 Å². The maximum Gasteiger partial charge on any atom is 0.216 e. The molecule has 5 heterocycles. The van der Waals surface area contributed by atoms with Crippen LogP contribution in [-0.2, 0) is 20.1 Å². The Labute approximate surface area is 366 Å². The molecule has 8 heteroatoms. The van der Waals surface area contributed by atoms with Crippen LogP contribution >= 0.6 is 0 Å². The fraction of sp³-hybridized carbons (Fsp3) is 0.216. The van der Waals surface area contributed by atoms with Crippen LogP contribution in [0.25, 0.3) is 72.6 Å². The second kappa shape index (κ2) is 17.0. The van der Waals surface area contributed by atoms with Crippen LogP contribution in [0.4, 0.5) is 0 Å². The standard InChI is InChI=1S/C36H31N4O.C15H18NSi.Ir/c1-21(2)29-18-25(24-10-7-6-8-11-24)19-30(22(3)4)33(29)40-32-20-37-17-16-31(32)39-35(40)28-13-9-12-26-27-15-14-23(5)38-36(27)41-34(26)28;1-12-5-7-13(8-6-12)15-10-9-14(11-16-15)17(2,3)4;/h6-12,14-22H,1-5H3;5-7,9-11H,1-4H3;/q2*-1;/i;1D3;. The number of rotatable bonds is 7. The minimum atomic E-state index is -2.08. The summed E-state index contributed by atoms with van der Waals surface area (Å²) >= 11 is 0. The first-order valence-electron chi connectivity index (χ1n) is 21.3. The van der Waals surface area contributed by atoms with Gasteiger partial charge < -0.3 is 14.0 Å². The van der Waals surface area contributed by atoms with Gasteiger partial charge in [-0.05, 0) is 82.2 Å². The van der Waals surface area contributed by atoms with Crippen molar-refractivity contribution in [3.63, 3.8) is 0 Å². The Hall–Kier alpha value is -5.53. The molecule has 0 aliphatic carbocycles. The number of aryl methyl sites for hydroxylation is 2. The van der Waals surface area contributed by atoms with E-state index >= 15 is 0 Å². The molecule has 299 valence electrons. The summed E-state index contributed by atoms with van der Waals surface area (Å²) in [7, 11) is -1.34. The largest absolute Gasteiger partial charge is 0.486 e. The Morgan fingerprint density at radius 3 is 2.19 bits per heavy atom. The quantitative estimate of drug-likeness (QED) is 0.118. The zero-order valence-corrected chi connectivity index (χ0v) is 38.1. The van der Waals surface area contributed by atoms with Crippen LogP contribution < -0.4 is 5.19 Å². The molecule has 0 bridgehead atoms. The number of aromatic nitrogens is 5. The summed E-state index contributed by atoms with van der Waals surface area (Å²) < 4.78 is 30.7. The number of hydrogen-bond donors (Lipinski definition) is 0. The van der Waals surface area contributed by atoms with Gasteiger partial charge in [-0.2, -0.15) is 0 Å². The van der Waals surface area contributed by atoms with E-state index in [9.17, 15) is 0 Å². The van der Waals surface area contributed by atoms with Crippen molar-refractivity contribution in [2.24, 2.45) is 0 Å². The van der Waals surface area contributed by atoms with E-state index in [0.29, 0.717) is 11.3 Å². The fourth-order valence-corrected chi connectivity index (χ4v) is 8.43. The Bertz CT molecular complexity index is 2920. The van der Waals surface area contributed by atoms with Gasteiger partial charge in [-0.3, -0.25) is 9.97 Å². The third-order valence-electron chi connectivity index (χ3n) is 10.6. The van der Waals surface area contributed by atoms with Crippen LogP contribution in [0, 0.1) is 25.9 Å².